The molecular formula is C20H15N3O3. The summed E-state index contributed by atoms with van der Waals surface area (Å²) in [6, 6.07) is 18.2. The van der Waals surface area contributed by atoms with Gasteiger partial charge in [0.1, 0.15) is 0 Å². The average molecular weight is 345 g/mol. The quantitative estimate of drug-likeness (QED) is 0.586. The number of rotatable bonds is 4. The SMILES string of the molecule is Cc1ccccc1C(=O)Nc1ccccc1-c1nc(-c2ccco2)no1. The highest BCUT2D eigenvalue weighted by Crippen LogP contribution is 2.29. The molecular weight excluding hydrogens is 330 g/mol. The normalized spacial score (nSPS) is 10.7. The van der Waals surface area contributed by atoms with Crippen LogP contribution < -0.4 is 5.32 Å². The molecule has 0 aliphatic rings. The minimum atomic E-state index is -0.193. The number of hydrogen-bond donors (Lipinski definition) is 1. The third kappa shape index (κ3) is 3.00. The smallest absolute Gasteiger partial charge is 0.260 e. The van der Waals surface area contributed by atoms with Crippen molar-refractivity contribution in [2.24, 2.45) is 0 Å². The van der Waals surface area contributed by atoms with Gasteiger partial charge in [-0.1, -0.05) is 35.5 Å². The number of benzene rings is 2. The van der Waals surface area contributed by atoms with Gasteiger partial charge in [-0.3, -0.25) is 4.79 Å². The molecule has 0 aliphatic heterocycles. The molecule has 4 rings (SSSR count). The molecule has 0 radical (unpaired) electrons. The molecule has 1 N–H and O–H groups in total. The lowest BCUT2D eigenvalue weighted by Crippen LogP contribution is -2.13. The van der Waals surface area contributed by atoms with E-state index in [1.165, 1.54) is 0 Å². The van der Waals surface area contributed by atoms with Crippen molar-refractivity contribution in [3.63, 3.8) is 0 Å². The summed E-state index contributed by atoms with van der Waals surface area (Å²) in [5, 5.41) is 6.86. The van der Waals surface area contributed by atoms with Gasteiger partial charge in [-0.25, -0.2) is 0 Å². The molecule has 2 aromatic carbocycles. The van der Waals surface area contributed by atoms with Crippen molar-refractivity contribution in [2.45, 2.75) is 6.92 Å². The van der Waals surface area contributed by atoms with Gasteiger partial charge < -0.3 is 14.3 Å². The lowest BCUT2D eigenvalue weighted by molar-refractivity contribution is 0.102. The number of aromatic nitrogens is 2. The lowest BCUT2D eigenvalue weighted by Gasteiger charge is -2.10. The van der Waals surface area contributed by atoms with Crippen LogP contribution in [0.15, 0.2) is 75.9 Å². The molecule has 2 heterocycles. The Labute approximate surface area is 149 Å². The first kappa shape index (κ1) is 15.8. The van der Waals surface area contributed by atoms with E-state index in [2.05, 4.69) is 15.5 Å². The van der Waals surface area contributed by atoms with Crippen molar-refractivity contribution in [2.75, 3.05) is 5.32 Å². The zero-order chi connectivity index (χ0) is 17.9. The molecule has 6 heteroatoms. The van der Waals surface area contributed by atoms with Gasteiger partial charge in [-0.05, 0) is 42.8 Å². The van der Waals surface area contributed by atoms with Crippen molar-refractivity contribution in [1.82, 2.24) is 10.1 Å². The topological polar surface area (TPSA) is 81.2 Å². The number of amides is 1. The zero-order valence-corrected chi connectivity index (χ0v) is 14.0. The van der Waals surface area contributed by atoms with E-state index < -0.39 is 0 Å². The van der Waals surface area contributed by atoms with Crippen molar-refractivity contribution >= 4 is 11.6 Å². The van der Waals surface area contributed by atoms with Crippen molar-refractivity contribution in [3.8, 4) is 23.0 Å². The monoisotopic (exact) mass is 345 g/mol. The van der Waals surface area contributed by atoms with E-state index >= 15 is 0 Å². The molecule has 0 unspecified atom stereocenters. The van der Waals surface area contributed by atoms with Crippen LogP contribution >= 0.6 is 0 Å². The maximum absolute atomic E-state index is 12.6. The van der Waals surface area contributed by atoms with Gasteiger partial charge in [-0.15, -0.1) is 0 Å². The minimum Gasteiger partial charge on any atom is -0.461 e. The van der Waals surface area contributed by atoms with Gasteiger partial charge in [0.25, 0.3) is 11.8 Å². The molecule has 0 atom stereocenters. The highest BCUT2D eigenvalue weighted by Gasteiger charge is 2.17. The molecule has 0 fully saturated rings. The van der Waals surface area contributed by atoms with Gasteiger partial charge in [-0.2, -0.15) is 4.98 Å². The summed E-state index contributed by atoms with van der Waals surface area (Å²) < 4.78 is 10.6. The van der Waals surface area contributed by atoms with E-state index in [1.54, 1.807) is 30.5 Å². The summed E-state index contributed by atoms with van der Waals surface area (Å²) in [5.74, 6) is 0.977. The first-order valence-electron chi connectivity index (χ1n) is 8.06. The number of anilines is 1. The average Bonchev–Trinajstić information content (AvgIpc) is 3.34. The maximum Gasteiger partial charge on any atom is 0.260 e. The highest BCUT2D eigenvalue weighted by molar-refractivity contribution is 6.06. The van der Waals surface area contributed by atoms with Crippen LogP contribution in [0.1, 0.15) is 15.9 Å². The lowest BCUT2D eigenvalue weighted by atomic mass is 10.1. The van der Waals surface area contributed by atoms with Crippen LogP contribution in [-0.4, -0.2) is 16.0 Å². The van der Waals surface area contributed by atoms with E-state index in [0.717, 1.165) is 5.56 Å². The van der Waals surface area contributed by atoms with Crippen molar-refractivity contribution in [1.29, 1.82) is 0 Å². The first-order chi connectivity index (χ1) is 12.7. The number of nitrogens with one attached hydrogen (secondary N) is 1. The number of nitrogens with zero attached hydrogens (tertiary/aromatic N) is 2. The van der Waals surface area contributed by atoms with E-state index in [1.807, 2.05) is 43.3 Å². The molecule has 4 aromatic rings. The third-order valence-corrected chi connectivity index (χ3v) is 3.96. The number of para-hydroxylation sites is 1. The third-order valence-electron chi connectivity index (χ3n) is 3.96. The first-order valence-corrected chi connectivity index (χ1v) is 8.06. The van der Waals surface area contributed by atoms with Gasteiger partial charge >= 0.3 is 0 Å². The van der Waals surface area contributed by atoms with E-state index in [0.29, 0.717) is 34.3 Å². The second-order valence-electron chi connectivity index (χ2n) is 5.72. The van der Waals surface area contributed by atoms with E-state index in [-0.39, 0.29) is 5.91 Å². The number of aryl methyl sites for hydroxylation is 1. The van der Waals surface area contributed by atoms with Gasteiger partial charge in [0.2, 0.25) is 5.82 Å². The highest BCUT2D eigenvalue weighted by atomic mass is 16.5. The van der Waals surface area contributed by atoms with Crippen LogP contribution in [0, 0.1) is 6.92 Å². The second kappa shape index (κ2) is 6.68. The Morgan fingerprint density at radius 1 is 1.00 bits per heavy atom. The summed E-state index contributed by atoms with van der Waals surface area (Å²) >= 11 is 0. The second-order valence-corrected chi connectivity index (χ2v) is 5.72. The molecule has 26 heavy (non-hydrogen) atoms. The fourth-order valence-electron chi connectivity index (χ4n) is 2.63. The Morgan fingerprint density at radius 3 is 2.62 bits per heavy atom. The molecule has 0 saturated heterocycles. The zero-order valence-electron chi connectivity index (χ0n) is 14.0. The molecule has 1 amide bonds. The summed E-state index contributed by atoms with van der Waals surface area (Å²) in [5.41, 5.74) is 2.75. The number of carbonyl (C=O) groups is 1. The molecule has 2 aromatic heterocycles. The number of hydrogen-bond acceptors (Lipinski definition) is 5. The van der Waals surface area contributed by atoms with Crippen LogP contribution in [0.5, 0.6) is 0 Å². The largest absolute Gasteiger partial charge is 0.461 e. The Balaban J connectivity index is 1.65. The minimum absolute atomic E-state index is 0.193. The fraction of sp³-hybridized carbons (Fsp3) is 0.0500. The van der Waals surface area contributed by atoms with Crippen LogP contribution in [0.25, 0.3) is 23.0 Å². The Hall–Kier alpha value is -3.67. The summed E-state index contributed by atoms with van der Waals surface area (Å²) in [4.78, 5) is 17.0. The van der Waals surface area contributed by atoms with E-state index in [9.17, 15) is 4.79 Å². The fourth-order valence-corrected chi connectivity index (χ4v) is 2.63. The van der Waals surface area contributed by atoms with Crippen molar-refractivity contribution < 1.29 is 13.7 Å². The van der Waals surface area contributed by atoms with Crippen LogP contribution in [-0.2, 0) is 0 Å². The molecule has 0 aliphatic carbocycles. The molecule has 0 saturated carbocycles. The van der Waals surface area contributed by atoms with Crippen LogP contribution in [0.4, 0.5) is 5.69 Å². The van der Waals surface area contributed by atoms with E-state index in [4.69, 9.17) is 8.94 Å². The summed E-state index contributed by atoms with van der Waals surface area (Å²) in [6.45, 7) is 1.90. The number of carbonyl (C=O) groups excluding carboxylic acids is 1. The predicted octanol–water partition coefficient (Wildman–Crippen LogP) is 4.56. The standard InChI is InChI=1S/C20H15N3O3/c1-13-7-2-3-8-14(13)19(24)21-16-10-5-4-9-15(16)20-22-18(23-26-20)17-11-6-12-25-17/h2-12H,1H3,(H,21,24). The van der Waals surface area contributed by atoms with Crippen LogP contribution in [0.3, 0.4) is 0 Å². The molecule has 128 valence electrons. The summed E-state index contributed by atoms with van der Waals surface area (Å²) in [6.07, 6.45) is 1.54. The maximum atomic E-state index is 12.6. The molecule has 0 spiro atoms. The Bertz CT molecular complexity index is 1050. The predicted molar refractivity (Wildman–Crippen MR) is 96.6 cm³/mol. The Morgan fingerprint density at radius 2 is 1.81 bits per heavy atom. The molecule has 0 bridgehead atoms. The van der Waals surface area contributed by atoms with Crippen LogP contribution in [0.2, 0.25) is 0 Å². The van der Waals surface area contributed by atoms with Crippen molar-refractivity contribution in [3.05, 3.63) is 78.1 Å². The van der Waals surface area contributed by atoms with Gasteiger partial charge in [0.05, 0.1) is 17.5 Å². The Kier molecular flexibility index (Phi) is 4.07. The van der Waals surface area contributed by atoms with Gasteiger partial charge in [0, 0.05) is 5.56 Å². The molecule has 6 nitrogen and oxygen atoms in total. The summed E-state index contributed by atoms with van der Waals surface area (Å²) in [7, 11) is 0. The number of furan rings is 1. The van der Waals surface area contributed by atoms with Gasteiger partial charge in [0.15, 0.2) is 5.76 Å².